The fraction of sp³-hybridized carbons (Fsp3) is 0.543. The predicted molar refractivity (Wildman–Crippen MR) is 504 cm³/mol. The largest absolute Gasteiger partial charge is 0.537 e. The molecule has 0 amide bonds. The van der Waals surface area contributed by atoms with Gasteiger partial charge in [-0.2, -0.15) is 0 Å². The molecule has 1 fully saturated rings. The van der Waals surface area contributed by atoms with Crippen LogP contribution in [0.4, 0.5) is 0 Å². The summed E-state index contributed by atoms with van der Waals surface area (Å²) in [6.07, 6.45) is 6.24. The molecule has 1 aliphatic rings. The lowest BCUT2D eigenvalue weighted by Gasteiger charge is -2.29. The minimum Gasteiger partial charge on any atom is -0.468 e. The predicted octanol–water partition coefficient (Wildman–Crippen LogP) is 15.7. The molecule has 6 aromatic rings. The molecule has 0 aliphatic carbocycles. The molecule has 710 valence electrons. The molecule has 126 heavy (non-hydrogen) atoms. The van der Waals surface area contributed by atoms with Crippen LogP contribution in [0.5, 0.6) is 34.5 Å². The molecule has 34 heteroatoms. The number of carbonyl (C=O) groups excluding carboxylic acids is 2. The molecular weight excluding hydrogens is 1720 g/mol. The summed E-state index contributed by atoms with van der Waals surface area (Å²) < 4.78 is 148. The number of hydrogen-bond donors (Lipinski definition) is 0. The van der Waals surface area contributed by atoms with Gasteiger partial charge in [0.25, 0.3) is 0 Å². The van der Waals surface area contributed by atoms with E-state index in [1.807, 2.05) is 267 Å². The molecular formula is C92H150O28Si6. The van der Waals surface area contributed by atoms with Gasteiger partial charge in [0, 0.05) is 171 Å². The lowest BCUT2D eigenvalue weighted by Crippen LogP contribution is -2.56. The maximum absolute atomic E-state index is 11.9. The van der Waals surface area contributed by atoms with Crippen LogP contribution in [0.2, 0.25) is 0 Å². The van der Waals surface area contributed by atoms with Crippen molar-refractivity contribution in [3.05, 3.63) is 177 Å². The standard InChI is InChI=1S/C18H30O5Si.C17H28O5Si.C15H24O4Si.C14H24O5Si.C14H22O5Si.C14H22O4Si/c1-7-20-24(21-8-2,22-9-3)16-12-10-15(11-13-16)23-17(19)14-18(4,5)6;1-4-19-23(20-5-2,21-6-3)16-12-10-15(11-13-16)22-17-9-7-8-14-18-17;1-5-16-15-11-9-14(10-12-15)13-20(17-6-2,18-7-3)19-8-4;1-5-17-20(18-6-2,19-7-3)14-10-8-13(9-11-14)16-12-15-4;1-5-16-20(17-6-2,18-7-3)14-10-8-13(9-11-14)19-12(4)15;1-5-15-13-9-11-14(12-10-13)19(16-6-2,17-7-3)18-8-4/h10-13H,7-9,14H2,1-6H3;10-13,17H,4-9,14H2,1-3H3;5,9-12H,1,6-8,13H2,2-4H3;8-11H,5-7,12H2,1-4H3;8-11H,5-7H2,1-4H3;5,9-12H,1,6-8H2,2-4H3. The number of ether oxygens (including phenoxy) is 8. The van der Waals surface area contributed by atoms with E-state index in [1.165, 1.54) is 19.4 Å². The third-order valence-corrected chi connectivity index (χ3v) is 35.1. The van der Waals surface area contributed by atoms with Crippen LogP contribution in [0.25, 0.3) is 0 Å². The van der Waals surface area contributed by atoms with Gasteiger partial charge in [-0.3, -0.25) is 9.59 Å². The molecule has 0 N–H and O–H groups in total. The molecule has 1 aliphatic heterocycles. The Morgan fingerprint density at radius 3 is 0.865 bits per heavy atom. The van der Waals surface area contributed by atoms with Crippen molar-refractivity contribution in [1.82, 2.24) is 0 Å². The SMILES string of the molecule is C=COc1ccc(C[Si](OCC)(OCC)OCC)cc1.C=COc1ccc([Si](OCC)(OCC)OCC)cc1.CCO[Si](OCC)(OCC)c1ccc(OC(=O)CC(C)(C)C)cc1.CCO[Si](OCC)(OCC)c1ccc(OC(C)=O)cc1.CCO[Si](OCC)(OCC)c1ccc(OC2CCCCO2)cc1.CCO[Si](OCC)(OCC)c1ccc(OCOC)cc1. The van der Waals surface area contributed by atoms with E-state index < -0.39 is 52.8 Å². The second-order valence-corrected chi connectivity index (χ2v) is 42.9. The highest BCUT2D eigenvalue weighted by Crippen LogP contribution is 2.26. The number of methoxy groups -OCH3 is 1. The van der Waals surface area contributed by atoms with Gasteiger partial charge in [0.1, 0.15) is 34.5 Å². The number of carbonyl (C=O) groups is 2. The third-order valence-electron chi connectivity index (χ3n) is 16.8. The van der Waals surface area contributed by atoms with E-state index in [2.05, 4.69) is 13.2 Å². The summed E-state index contributed by atoms with van der Waals surface area (Å²) in [4.78, 5) is 22.8. The van der Waals surface area contributed by atoms with Crippen molar-refractivity contribution in [2.24, 2.45) is 5.41 Å². The first-order valence-corrected chi connectivity index (χ1v) is 54.7. The van der Waals surface area contributed by atoms with Crippen molar-refractivity contribution >= 4 is 90.7 Å². The lowest BCUT2D eigenvalue weighted by molar-refractivity contribution is -0.136. The number of rotatable bonds is 55. The van der Waals surface area contributed by atoms with E-state index in [-0.39, 0.29) is 30.4 Å². The van der Waals surface area contributed by atoms with Crippen LogP contribution in [0.1, 0.15) is 184 Å². The quantitative estimate of drug-likeness (QED) is 0.0113. The van der Waals surface area contributed by atoms with E-state index >= 15 is 0 Å². The Morgan fingerprint density at radius 2 is 0.619 bits per heavy atom. The van der Waals surface area contributed by atoms with Crippen molar-refractivity contribution in [1.29, 1.82) is 0 Å². The Bertz CT molecular complexity index is 3670. The normalized spacial score (nSPS) is 12.9. The van der Waals surface area contributed by atoms with E-state index in [9.17, 15) is 9.59 Å². The second-order valence-electron chi connectivity index (χ2n) is 27.5. The van der Waals surface area contributed by atoms with Gasteiger partial charge in [0.2, 0.25) is 0 Å². The monoisotopic (exact) mass is 1870 g/mol. The summed E-state index contributed by atoms with van der Waals surface area (Å²) in [6.45, 7) is 60.1. The number of esters is 2. The minimum atomic E-state index is -2.91. The van der Waals surface area contributed by atoms with Crippen molar-refractivity contribution < 1.29 is 127 Å². The highest BCUT2D eigenvalue weighted by molar-refractivity contribution is 6.77. The molecule has 0 radical (unpaired) electrons. The first-order valence-electron chi connectivity index (χ1n) is 44.2. The Morgan fingerprint density at radius 1 is 0.357 bits per heavy atom. The molecule has 1 heterocycles. The van der Waals surface area contributed by atoms with Crippen LogP contribution in [0.15, 0.2) is 171 Å². The summed E-state index contributed by atoms with van der Waals surface area (Å²) in [6, 6.07) is 45.8. The van der Waals surface area contributed by atoms with Crippen molar-refractivity contribution in [2.75, 3.05) is 139 Å². The van der Waals surface area contributed by atoms with Gasteiger partial charge in [-0.1, -0.05) is 107 Å². The molecule has 1 atom stereocenters. The average molecular weight is 1870 g/mol. The van der Waals surface area contributed by atoms with E-state index in [1.54, 1.807) is 31.4 Å². The summed E-state index contributed by atoms with van der Waals surface area (Å²) in [7, 11) is -15.3. The zero-order valence-electron chi connectivity index (χ0n) is 79.6. The second kappa shape index (κ2) is 65.9. The van der Waals surface area contributed by atoms with Gasteiger partial charge in [-0.15, -0.1) is 0 Å². The maximum atomic E-state index is 11.9. The summed E-state index contributed by atoms with van der Waals surface area (Å²) >= 11 is 0. The molecule has 6 aromatic carbocycles. The fourth-order valence-corrected chi connectivity index (χ4v) is 27.3. The van der Waals surface area contributed by atoms with Crippen LogP contribution in [0.3, 0.4) is 0 Å². The average Bonchev–Trinajstić information content (AvgIpc) is 0.833. The first kappa shape index (κ1) is 116. The van der Waals surface area contributed by atoms with Crippen LogP contribution in [-0.4, -0.2) is 210 Å². The minimum absolute atomic E-state index is 0.0992. The molecule has 28 nitrogen and oxygen atoms in total. The Labute approximate surface area is 760 Å². The van der Waals surface area contributed by atoms with Crippen LogP contribution in [0, 0.1) is 5.41 Å². The topological polar surface area (TPSA) is 274 Å². The lowest BCUT2D eigenvalue weighted by atomic mass is 9.92. The smallest absolute Gasteiger partial charge is 0.468 e. The zero-order chi connectivity index (χ0) is 93.6. The van der Waals surface area contributed by atoms with Gasteiger partial charge in [-0.25, -0.2) is 0 Å². The van der Waals surface area contributed by atoms with E-state index in [0.29, 0.717) is 143 Å². The van der Waals surface area contributed by atoms with Crippen LogP contribution in [-0.2, 0) is 105 Å². The summed E-state index contributed by atoms with van der Waals surface area (Å²) in [5.74, 6) is 3.45. The third kappa shape index (κ3) is 41.7. The van der Waals surface area contributed by atoms with Crippen LogP contribution >= 0.6 is 0 Å². The van der Waals surface area contributed by atoms with Crippen molar-refractivity contribution in [2.45, 2.75) is 190 Å². The van der Waals surface area contributed by atoms with Gasteiger partial charge < -0.3 is 118 Å². The molecule has 1 saturated heterocycles. The fourth-order valence-electron chi connectivity index (χ4n) is 12.3. The molecule has 1 unspecified atom stereocenters. The van der Waals surface area contributed by atoms with Gasteiger partial charge >= 0.3 is 64.8 Å². The number of hydrogen-bond acceptors (Lipinski definition) is 28. The van der Waals surface area contributed by atoms with Crippen molar-refractivity contribution in [3.63, 3.8) is 0 Å². The Balaban J connectivity index is 0.000000513. The highest BCUT2D eigenvalue weighted by Gasteiger charge is 2.48. The van der Waals surface area contributed by atoms with E-state index in [4.69, 9.17) is 118 Å². The van der Waals surface area contributed by atoms with E-state index in [0.717, 1.165) is 80.4 Å². The molecule has 0 spiro atoms. The first-order chi connectivity index (χ1) is 60.7. The van der Waals surface area contributed by atoms with Crippen LogP contribution < -0.4 is 54.4 Å². The highest BCUT2D eigenvalue weighted by atomic mass is 28.4. The van der Waals surface area contributed by atoms with Crippen molar-refractivity contribution in [3.8, 4) is 34.5 Å². The maximum Gasteiger partial charge on any atom is 0.537 e. The number of benzene rings is 6. The Hall–Kier alpha value is -6.56. The summed E-state index contributed by atoms with van der Waals surface area (Å²) in [5.41, 5.74) is 1.02. The molecule has 0 bridgehead atoms. The van der Waals surface area contributed by atoms with Gasteiger partial charge in [0.05, 0.1) is 25.6 Å². The molecule has 0 saturated carbocycles. The van der Waals surface area contributed by atoms with Gasteiger partial charge in [-0.05, 0) is 221 Å². The molecule has 7 rings (SSSR count). The van der Waals surface area contributed by atoms with Gasteiger partial charge in [0.15, 0.2) is 13.1 Å². The molecule has 0 aromatic heterocycles. The summed E-state index contributed by atoms with van der Waals surface area (Å²) in [5, 5.41) is 4.56. The Kier molecular flexibility index (Phi) is 60.4. The zero-order valence-corrected chi connectivity index (χ0v) is 85.6.